The second-order valence-electron chi connectivity index (χ2n) is 5.26. The summed E-state index contributed by atoms with van der Waals surface area (Å²) in [6, 6.07) is 19.8. The minimum Gasteiger partial charge on any atom is -0.301 e. The maximum absolute atomic E-state index is 12.8. The maximum atomic E-state index is 12.8. The van der Waals surface area contributed by atoms with Crippen LogP contribution in [0.15, 0.2) is 65.6 Å². The van der Waals surface area contributed by atoms with Crippen LogP contribution >= 0.6 is 11.3 Å². The zero-order chi connectivity index (χ0) is 15.8. The molecule has 0 saturated heterocycles. The highest BCUT2D eigenvalue weighted by atomic mass is 32.2. The summed E-state index contributed by atoms with van der Waals surface area (Å²) in [6.07, 6.45) is 0. The number of benzene rings is 3. The molecule has 0 amide bonds. The lowest BCUT2D eigenvalue weighted by Crippen LogP contribution is -2.05. The van der Waals surface area contributed by atoms with Gasteiger partial charge in [0.25, 0.3) is 0 Å². The minimum atomic E-state index is -1.32. The van der Waals surface area contributed by atoms with Crippen molar-refractivity contribution in [2.45, 2.75) is 11.8 Å². The van der Waals surface area contributed by atoms with Crippen molar-refractivity contribution in [2.75, 3.05) is 4.72 Å². The Kier molecular flexibility index (Phi) is 3.59. The van der Waals surface area contributed by atoms with Crippen LogP contribution in [-0.4, -0.2) is 9.19 Å². The van der Waals surface area contributed by atoms with E-state index in [4.69, 9.17) is 0 Å². The molecule has 0 spiro atoms. The Morgan fingerprint density at radius 1 is 1.04 bits per heavy atom. The number of anilines is 1. The van der Waals surface area contributed by atoms with Crippen LogP contribution in [0.3, 0.4) is 0 Å². The quantitative estimate of drug-likeness (QED) is 0.578. The number of nitrogens with one attached hydrogen (secondary N) is 1. The number of aromatic nitrogens is 1. The summed E-state index contributed by atoms with van der Waals surface area (Å²) in [4.78, 5) is 5.27. The molecule has 0 aliphatic heterocycles. The largest absolute Gasteiger partial charge is 0.301 e. The van der Waals surface area contributed by atoms with E-state index in [9.17, 15) is 4.21 Å². The monoisotopic (exact) mass is 338 g/mol. The van der Waals surface area contributed by atoms with Gasteiger partial charge in [-0.2, -0.15) is 0 Å². The van der Waals surface area contributed by atoms with Crippen LogP contribution in [0.25, 0.3) is 21.0 Å². The Morgan fingerprint density at radius 3 is 2.78 bits per heavy atom. The summed E-state index contributed by atoms with van der Waals surface area (Å²) in [5, 5.41) is 3.13. The predicted molar refractivity (Wildman–Crippen MR) is 98.3 cm³/mol. The van der Waals surface area contributed by atoms with E-state index in [1.54, 1.807) is 11.3 Å². The molecule has 4 aromatic rings. The lowest BCUT2D eigenvalue weighted by Gasteiger charge is -2.09. The van der Waals surface area contributed by atoms with Crippen molar-refractivity contribution < 1.29 is 4.21 Å². The van der Waals surface area contributed by atoms with Crippen LogP contribution in [0.2, 0.25) is 0 Å². The van der Waals surface area contributed by atoms with Gasteiger partial charge in [0.05, 0.1) is 20.1 Å². The van der Waals surface area contributed by atoms with Crippen molar-refractivity contribution in [3.63, 3.8) is 0 Å². The van der Waals surface area contributed by atoms with E-state index in [0.717, 1.165) is 36.6 Å². The zero-order valence-electron chi connectivity index (χ0n) is 12.4. The number of aryl methyl sites for hydroxylation is 1. The summed E-state index contributed by atoms with van der Waals surface area (Å²) >= 11 is 1.66. The molecule has 1 atom stereocenters. The van der Waals surface area contributed by atoms with Gasteiger partial charge in [-0.3, -0.25) is 0 Å². The Hall–Kier alpha value is -2.24. The van der Waals surface area contributed by atoms with Gasteiger partial charge in [0, 0.05) is 5.69 Å². The molecular weight excluding hydrogens is 324 g/mol. The second-order valence-corrected chi connectivity index (χ2v) is 7.68. The number of hydrogen-bond acceptors (Lipinski definition) is 3. The summed E-state index contributed by atoms with van der Waals surface area (Å²) in [7, 11) is -1.32. The van der Waals surface area contributed by atoms with Crippen molar-refractivity contribution >= 4 is 49.0 Å². The third-order valence-corrected chi connectivity index (χ3v) is 5.78. The third-order valence-electron chi connectivity index (χ3n) is 3.65. The van der Waals surface area contributed by atoms with Gasteiger partial charge in [-0.15, -0.1) is 11.3 Å². The first-order chi connectivity index (χ1) is 11.2. The number of thiazole rings is 1. The molecule has 0 fully saturated rings. The zero-order valence-corrected chi connectivity index (χ0v) is 14.1. The van der Waals surface area contributed by atoms with Crippen LogP contribution in [0.4, 0.5) is 5.69 Å². The summed E-state index contributed by atoms with van der Waals surface area (Å²) < 4.78 is 17.0. The fraction of sp³-hybridized carbons (Fsp3) is 0.0556. The first-order valence-corrected chi connectivity index (χ1v) is 9.21. The van der Waals surface area contributed by atoms with E-state index in [1.165, 1.54) is 0 Å². The molecule has 0 aliphatic carbocycles. The third kappa shape index (κ3) is 2.73. The van der Waals surface area contributed by atoms with Gasteiger partial charge >= 0.3 is 0 Å². The fourth-order valence-corrected chi connectivity index (χ4v) is 4.47. The van der Waals surface area contributed by atoms with Gasteiger partial charge in [-0.25, -0.2) is 9.19 Å². The molecule has 0 bridgehead atoms. The van der Waals surface area contributed by atoms with Crippen molar-refractivity contribution in [3.8, 4) is 0 Å². The van der Waals surface area contributed by atoms with Crippen molar-refractivity contribution in [1.29, 1.82) is 0 Å². The van der Waals surface area contributed by atoms with Gasteiger partial charge in [0.2, 0.25) is 0 Å². The number of hydrogen-bond donors (Lipinski definition) is 1. The Balaban J connectivity index is 1.70. The Bertz CT molecular complexity index is 1030. The van der Waals surface area contributed by atoms with Gasteiger partial charge in [0.1, 0.15) is 0 Å². The summed E-state index contributed by atoms with van der Waals surface area (Å²) in [5.74, 6) is 0. The fourth-order valence-electron chi connectivity index (χ4n) is 2.63. The Morgan fingerprint density at radius 2 is 1.87 bits per heavy atom. The van der Waals surface area contributed by atoms with E-state index in [0.29, 0.717) is 0 Å². The van der Waals surface area contributed by atoms with Gasteiger partial charge in [-0.1, -0.05) is 36.4 Å². The standard InChI is InChI=1S/C18H14N2OS2/c1-12-19-16-11-14(9-10-17(16)22-12)20-23(21)18-8-4-6-13-5-2-3-7-15(13)18/h2-11,20H,1H3. The molecule has 3 nitrogen and oxygen atoms in total. The minimum absolute atomic E-state index is 0.789. The molecule has 1 aromatic heterocycles. The first kappa shape index (κ1) is 14.4. The van der Waals surface area contributed by atoms with E-state index in [2.05, 4.69) is 9.71 Å². The molecule has 1 heterocycles. The first-order valence-electron chi connectivity index (χ1n) is 7.24. The van der Waals surface area contributed by atoms with Crippen LogP contribution in [0.5, 0.6) is 0 Å². The molecule has 4 rings (SSSR count). The summed E-state index contributed by atoms with van der Waals surface area (Å²) in [5.41, 5.74) is 1.75. The molecule has 1 unspecified atom stereocenters. The summed E-state index contributed by atoms with van der Waals surface area (Å²) in [6.45, 7) is 1.99. The van der Waals surface area contributed by atoms with E-state index in [1.807, 2.05) is 67.6 Å². The highest BCUT2D eigenvalue weighted by Gasteiger charge is 2.09. The molecule has 0 aliphatic rings. The normalized spacial score (nSPS) is 12.6. The van der Waals surface area contributed by atoms with Crippen molar-refractivity contribution in [3.05, 3.63) is 65.7 Å². The molecule has 0 saturated carbocycles. The number of fused-ring (bicyclic) bond motifs is 2. The van der Waals surface area contributed by atoms with Crippen LogP contribution in [0.1, 0.15) is 5.01 Å². The van der Waals surface area contributed by atoms with Gasteiger partial charge < -0.3 is 4.72 Å². The maximum Gasteiger partial charge on any atom is 0.150 e. The average Bonchev–Trinajstić information content (AvgIpc) is 2.93. The SMILES string of the molecule is Cc1nc2cc(NS(=O)c3cccc4ccccc34)ccc2s1. The topological polar surface area (TPSA) is 42.0 Å². The highest BCUT2D eigenvalue weighted by molar-refractivity contribution is 7.86. The molecular formula is C18H14N2OS2. The second kappa shape index (κ2) is 5.76. The Labute approximate surface area is 140 Å². The molecule has 3 aromatic carbocycles. The molecule has 23 heavy (non-hydrogen) atoms. The van der Waals surface area contributed by atoms with Crippen molar-refractivity contribution in [1.82, 2.24) is 4.98 Å². The molecule has 114 valence electrons. The predicted octanol–water partition coefficient (Wildman–Crippen LogP) is 4.89. The van der Waals surface area contributed by atoms with Crippen LogP contribution < -0.4 is 4.72 Å². The van der Waals surface area contributed by atoms with Gasteiger partial charge in [0.15, 0.2) is 11.0 Å². The number of rotatable bonds is 3. The van der Waals surface area contributed by atoms with E-state index >= 15 is 0 Å². The van der Waals surface area contributed by atoms with Crippen molar-refractivity contribution in [2.24, 2.45) is 0 Å². The number of nitrogens with zero attached hydrogens (tertiary/aromatic N) is 1. The lowest BCUT2D eigenvalue weighted by atomic mass is 10.1. The highest BCUT2D eigenvalue weighted by Crippen LogP contribution is 2.26. The van der Waals surface area contributed by atoms with Crippen LogP contribution in [-0.2, 0) is 11.0 Å². The average molecular weight is 338 g/mol. The van der Waals surface area contributed by atoms with Crippen LogP contribution in [0, 0.1) is 6.92 Å². The molecule has 5 heteroatoms. The smallest absolute Gasteiger partial charge is 0.150 e. The molecule has 0 radical (unpaired) electrons. The van der Waals surface area contributed by atoms with E-state index in [-0.39, 0.29) is 0 Å². The molecule has 1 N–H and O–H groups in total. The van der Waals surface area contributed by atoms with E-state index < -0.39 is 11.0 Å². The lowest BCUT2D eigenvalue weighted by molar-refractivity contribution is 0.687. The van der Waals surface area contributed by atoms with Gasteiger partial charge in [-0.05, 0) is 42.0 Å².